The SMILES string of the molecule is c1ccc2c(c1)Cc1ccc3c(c1-2)Cc1ccnc2c1N3c1ccc3c(c1C2)-c1ccccc1C3. The van der Waals surface area contributed by atoms with Gasteiger partial charge in [-0.25, -0.2) is 0 Å². The fourth-order valence-electron chi connectivity index (χ4n) is 7.18. The van der Waals surface area contributed by atoms with Gasteiger partial charge in [0.2, 0.25) is 0 Å². The van der Waals surface area contributed by atoms with Gasteiger partial charge in [0.1, 0.15) is 0 Å². The van der Waals surface area contributed by atoms with E-state index < -0.39 is 0 Å². The summed E-state index contributed by atoms with van der Waals surface area (Å²) in [5.41, 5.74) is 21.0. The van der Waals surface area contributed by atoms with Gasteiger partial charge >= 0.3 is 0 Å². The minimum absolute atomic E-state index is 0.898. The number of hydrogen-bond donors (Lipinski definition) is 0. The lowest BCUT2D eigenvalue weighted by atomic mass is 9.83. The summed E-state index contributed by atoms with van der Waals surface area (Å²) in [7, 11) is 0. The summed E-state index contributed by atoms with van der Waals surface area (Å²) >= 11 is 0. The Hall–Kier alpha value is -4.17. The summed E-state index contributed by atoms with van der Waals surface area (Å²) in [5.74, 6) is 0. The monoisotopic (exact) mass is 446 g/mol. The molecule has 0 N–H and O–H groups in total. The lowest BCUT2D eigenvalue weighted by molar-refractivity contribution is 0.961. The molecule has 2 aliphatic heterocycles. The third-order valence-corrected chi connectivity index (χ3v) is 8.58. The molecule has 164 valence electrons. The average Bonchev–Trinajstić information content (AvgIpc) is 3.47. The number of benzene rings is 4. The van der Waals surface area contributed by atoms with Gasteiger partial charge in [-0.1, -0.05) is 60.7 Å². The van der Waals surface area contributed by atoms with E-state index in [1.54, 1.807) is 0 Å². The zero-order chi connectivity index (χ0) is 22.7. The van der Waals surface area contributed by atoms with E-state index in [1.165, 1.54) is 84.0 Å². The predicted molar refractivity (Wildman–Crippen MR) is 141 cm³/mol. The molecular formula is C33H22N2. The van der Waals surface area contributed by atoms with Crippen LogP contribution < -0.4 is 4.90 Å². The quantitative estimate of drug-likeness (QED) is 0.240. The zero-order valence-electron chi connectivity index (χ0n) is 19.3. The molecule has 2 heteroatoms. The highest BCUT2D eigenvalue weighted by Gasteiger charge is 2.37. The number of anilines is 3. The number of hydrogen-bond acceptors (Lipinski definition) is 2. The lowest BCUT2D eigenvalue weighted by Crippen LogP contribution is -2.26. The maximum Gasteiger partial charge on any atom is 0.0716 e. The number of nitrogens with zero attached hydrogens (tertiary/aromatic N) is 2. The van der Waals surface area contributed by atoms with Gasteiger partial charge in [-0.2, -0.15) is 0 Å². The maximum atomic E-state index is 4.93. The van der Waals surface area contributed by atoms with Gasteiger partial charge in [0.15, 0.2) is 0 Å². The Morgan fingerprint density at radius 3 is 1.77 bits per heavy atom. The molecule has 0 atom stereocenters. The maximum absolute atomic E-state index is 4.93. The van der Waals surface area contributed by atoms with Crippen molar-refractivity contribution in [1.82, 2.24) is 4.98 Å². The van der Waals surface area contributed by atoms with Gasteiger partial charge in [-0.15, -0.1) is 0 Å². The second kappa shape index (κ2) is 6.28. The molecule has 0 saturated heterocycles. The first-order chi connectivity index (χ1) is 17.3. The van der Waals surface area contributed by atoms with Gasteiger partial charge in [0.05, 0.1) is 22.8 Å². The van der Waals surface area contributed by atoms with Crippen molar-refractivity contribution in [2.24, 2.45) is 0 Å². The molecule has 0 amide bonds. The number of aromatic nitrogens is 1. The molecule has 2 aliphatic carbocycles. The topological polar surface area (TPSA) is 16.1 Å². The van der Waals surface area contributed by atoms with Crippen molar-refractivity contribution in [2.45, 2.75) is 25.7 Å². The summed E-state index contributed by atoms with van der Waals surface area (Å²) in [6, 6.07) is 29.6. The Bertz CT molecular complexity index is 1630. The van der Waals surface area contributed by atoms with Crippen molar-refractivity contribution in [3.63, 3.8) is 0 Å². The Balaban J connectivity index is 1.35. The normalized spacial score (nSPS) is 14.9. The largest absolute Gasteiger partial charge is 0.308 e. The van der Waals surface area contributed by atoms with Crippen molar-refractivity contribution in [2.75, 3.05) is 4.90 Å². The second-order valence-electron chi connectivity index (χ2n) is 10.3. The molecule has 4 aliphatic rings. The van der Waals surface area contributed by atoms with Crippen LogP contribution in [0.1, 0.15) is 44.6 Å². The fourth-order valence-corrected chi connectivity index (χ4v) is 7.18. The highest BCUT2D eigenvalue weighted by atomic mass is 15.2. The van der Waals surface area contributed by atoms with Gasteiger partial charge in [0.25, 0.3) is 0 Å². The van der Waals surface area contributed by atoms with Gasteiger partial charge < -0.3 is 4.90 Å². The van der Waals surface area contributed by atoms with E-state index >= 15 is 0 Å². The minimum Gasteiger partial charge on any atom is -0.308 e. The van der Waals surface area contributed by atoms with Crippen LogP contribution in [-0.4, -0.2) is 4.98 Å². The van der Waals surface area contributed by atoms with E-state index in [4.69, 9.17) is 4.98 Å². The van der Waals surface area contributed by atoms with Crippen LogP contribution in [-0.2, 0) is 25.7 Å². The van der Waals surface area contributed by atoms with Gasteiger partial charge in [0, 0.05) is 19.0 Å². The second-order valence-corrected chi connectivity index (χ2v) is 10.3. The molecular weight excluding hydrogens is 424 g/mol. The molecule has 9 rings (SSSR count). The van der Waals surface area contributed by atoms with Crippen molar-refractivity contribution in [3.05, 3.63) is 130 Å². The van der Waals surface area contributed by atoms with E-state index in [1.807, 2.05) is 6.20 Å². The third-order valence-electron chi connectivity index (χ3n) is 8.58. The van der Waals surface area contributed by atoms with Crippen LogP contribution in [0.4, 0.5) is 17.1 Å². The highest BCUT2D eigenvalue weighted by molar-refractivity contribution is 5.97. The van der Waals surface area contributed by atoms with Crippen LogP contribution in [0.5, 0.6) is 0 Å². The van der Waals surface area contributed by atoms with Gasteiger partial charge in [-0.05, 0) is 92.2 Å². The van der Waals surface area contributed by atoms with E-state index in [-0.39, 0.29) is 0 Å². The summed E-state index contributed by atoms with van der Waals surface area (Å²) in [6.45, 7) is 0. The number of rotatable bonds is 0. The Labute approximate surface area is 204 Å². The van der Waals surface area contributed by atoms with E-state index in [2.05, 4.69) is 83.8 Å². The molecule has 0 bridgehead atoms. The van der Waals surface area contributed by atoms with Crippen molar-refractivity contribution in [3.8, 4) is 22.3 Å². The first kappa shape index (κ1) is 18.2. The lowest BCUT2D eigenvalue weighted by Gasteiger charge is -2.40. The van der Waals surface area contributed by atoms with E-state index in [0.717, 1.165) is 25.7 Å². The predicted octanol–water partition coefficient (Wildman–Crippen LogP) is 7.50. The summed E-state index contributed by atoms with van der Waals surface area (Å²) in [6.07, 6.45) is 5.96. The smallest absolute Gasteiger partial charge is 0.0716 e. The van der Waals surface area contributed by atoms with Gasteiger partial charge in [-0.3, -0.25) is 4.98 Å². The molecule has 0 saturated carbocycles. The zero-order valence-corrected chi connectivity index (χ0v) is 19.3. The van der Waals surface area contributed by atoms with Crippen molar-refractivity contribution >= 4 is 17.1 Å². The molecule has 1 aromatic heterocycles. The Kier molecular flexibility index (Phi) is 3.27. The van der Waals surface area contributed by atoms with Crippen LogP contribution in [0.15, 0.2) is 85.1 Å². The van der Waals surface area contributed by atoms with Crippen LogP contribution in [0, 0.1) is 0 Å². The average molecular weight is 447 g/mol. The first-order valence-electron chi connectivity index (χ1n) is 12.6. The summed E-state index contributed by atoms with van der Waals surface area (Å²) in [5, 5.41) is 0. The van der Waals surface area contributed by atoms with Crippen molar-refractivity contribution in [1.29, 1.82) is 0 Å². The van der Waals surface area contributed by atoms with Crippen molar-refractivity contribution < 1.29 is 0 Å². The molecule has 0 unspecified atom stereocenters. The number of pyridine rings is 1. The Morgan fingerprint density at radius 1 is 0.514 bits per heavy atom. The number of fused-ring (bicyclic) bond motifs is 12. The van der Waals surface area contributed by atoms with Crippen LogP contribution in [0.2, 0.25) is 0 Å². The molecule has 3 heterocycles. The Morgan fingerprint density at radius 2 is 1.11 bits per heavy atom. The molecule has 0 radical (unpaired) electrons. The summed E-state index contributed by atoms with van der Waals surface area (Å²) in [4.78, 5) is 7.47. The molecule has 0 fully saturated rings. The van der Waals surface area contributed by atoms with E-state index in [9.17, 15) is 0 Å². The highest BCUT2D eigenvalue weighted by Crippen LogP contribution is 2.56. The van der Waals surface area contributed by atoms with Crippen LogP contribution >= 0.6 is 0 Å². The fraction of sp³-hybridized carbons (Fsp3) is 0.121. The first-order valence-corrected chi connectivity index (χ1v) is 12.6. The van der Waals surface area contributed by atoms with E-state index in [0.29, 0.717) is 0 Å². The third kappa shape index (κ3) is 2.23. The molecule has 5 aromatic rings. The molecule has 4 aromatic carbocycles. The molecule has 2 nitrogen and oxygen atoms in total. The molecule has 0 spiro atoms. The standard InChI is InChI=1S/C33H22N2/c1-3-7-24-19(5-1)15-21-9-11-29-26(31(21)24)17-23-13-14-34-28-18-27-30(35(29)33(23)28)12-10-22-16-20-6-2-4-8-25(20)32(22)27/h1-14H,15-18H2. The minimum atomic E-state index is 0.898. The molecule has 35 heavy (non-hydrogen) atoms. The summed E-state index contributed by atoms with van der Waals surface area (Å²) < 4.78 is 0. The van der Waals surface area contributed by atoms with Crippen LogP contribution in [0.3, 0.4) is 0 Å². The van der Waals surface area contributed by atoms with Crippen LogP contribution in [0.25, 0.3) is 22.3 Å².